The molecule has 3 N–H and O–H groups in total. The van der Waals surface area contributed by atoms with Crippen LogP contribution in [0, 0.1) is 5.41 Å². The monoisotopic (exact) mass is 228 g/mol. The van der Waals surface area contributed by atoms with Crippen LogP contribution in [-0.4, -0.2) is 31.7 Å². The molecule has 0 saturated heterocycles. The Bertz CT molecular complexity index is 229. The molecule has 1 aliphatic carbocycles. The number of hydrogen-bond donors (Lipinski definition) is 2. The van der Waals surface area contributed by atoms with E-state index in [1.807, 2.05) is 0 Å². The van der Waals surface area contributed by atoms with Crippen molar-refractivity contribution >= 4 is 5.91 Å². The Morgan fingerprint density at radius 1 is 1.56 bits per heavy atom. The molecule has 0 aromatic heterocycles. The largest absolute Gasteiger partial charge is 0.370 e. The second-order valence-electron chi connectivity index (χ2n) is 5.43. The van der Waals surface area contributed by atoms with Gasteiger partial charge in [0.1, 0.15) is 6.61 Å². The van der Waals surface area contributed by atoms with Crippen molar-refractivity contribution in [1.82, 2.24) is 5.32 Å². The van der Waals surface area contributed by atoms with Crippen molar-refractivity contribution < 1.29 is 9.53 Å². The van der Waals surface area contributed by atoms with Crippen molar-refractivity contribution in [2.45, 2.75) is 45.6 Å². The fourth-order valence-corrected chi connectivity index (χ4v) is 2.38. The van der Waals surface area contributed by atoms with E-state index in [0.29, 0.717) is 18.1 Å². The summed E-state index contributed by atoms with van der Waals surface area (Å²) in [4.78, 5) is 10.4. The molecule has 4 heteroatoms. The molecule has 0 bridgehead atoms. The summed E-state index contributed by atoms with van der Waals surface area (Å²) in [5.41, 5.74) is 5.43. The number of rotatable bonds is 6. The van der Waals surface area contributed by atoms with Crippen molar-refractivity contribution in [3.8, 4) is 0 Å². The summed E-state index contributed by atoms with van der Waals surface area (Å²) in [6.45, 7) is 6.03. The Balaban J connectivity index is 2.06. The first kappa shape index (κ1) is 13.5. The highest BCUT2D eigenvalue weighted by atomic mass is 16.5. The van der Waals surface area contributed by atoms with Crippen molar-refractivity contribution in [3.05, 3.63) is 0 Å². The Labute approximate surface area is 97.9 Å². The molecular formula is C12H24N2O2. The third-order valence-electron chi connectivity index (χ3n) is 3.13. The molecule has 1 atom stereocenters. The molecule has 1 amide bonds. The molecule has 0 heterocycles. The predicted octanol–water partition coefficient (Wildman–Crippen LogP) is 1.05. The third kappa shape index (κ3) is 5.47. The van der Waals surface area contributed by atoms with E-state index in [2.05, 4.69) is 19.2 Å². The quantitative estimate of drug-likeness (QED) is 0.668. The van der Waals surface area contributed by atoms with Gasteiger partial charge in [-0.25, -0.2) is 0 Å². The molecule has 1 fully saturated rings. The average molecular weight is 228 g/mol. The first-order chi connectivity index (χ1) is 7.49. The zero-order valence-corrected chi connectivity index (χ0v) is 10.4. The van der Waals surface area contributed by atoms with E-state index >= 15 is 0 Å². The third-order valence-corrected chi connectivity index (χ3v) is 3.13. The van der Waals surface area contributed by atoms with E-state index in [0.717, 1.165) is 6.54 Å². The molecule has 0 spiro atoms. The maximum absolute atomic E-state index is 10.4. The lowest BCUT2D eigenvalue weighted by Gasteiger charge is -2.35. The molecule has 94 valence electrons. The minimum absolute atomic E-state index is 0.0256. The van der Waals surface area contributed by atoms with Crippen LogP contribution in [0.1, 0.15) is 39.5 Å². The fourth-order valence-electron chi connectivity index (χ4n) is 2.38. The summed E-state index contributed by atoms with van der Waals surface area (Å²) >= 11 is 0. The predicted molar refractivity (Wildman–Crippen MR) is 64.1 cm³/mol. The molecule has 0 aromatic carbocycles. The highest BCUT2D eigenvalue weighted by molar-refractivity contribution is 5.74. The van der Waals surface area contributed by atoms with Gasteiger partial charge in [-0.05, 0) is 24.7 Å². The summed E-state index contributed by atoms with van der Waals surface area (Å²) in [5, 5.41) is 3.47. The standard InChI is InChI=1S/C12H24N2O2/c1-12(2)5-3-4-10(8-12)14-6-7-16-9-11(13)15/h10,14H,3-9H2,1-2H3,(H2,13,15). The molecule has 0 aliphatic heterocycles. The zero-order chi connectivity index (χ0) is 12.0. The number of carbonyl (C=O) groups excluding carboxylic acids is 1. The maximum Gasteiger partial charge on any atom is 0.243 e. The van der Waals surface area contributed by atoms with E-state index in [9.17, 15) is 4.79 Å². The fraction of sp³-hybridized carbons (Fsp3) is 0.917. The topological polar surface area (TPSA) is 64.3 Å². The molecule has 1 rings (SSSR count). The number of hydrogen-bond acceptors (Lipinski definition) is 3. The van der Waals surface area contributed by atoms with Gasteiger partial charge in [0.05, 0.1) is 6.61 Å². The van der Waals surface area contributed by atoms with Gasteiger partial charge in [-0.1, -0.05) is 20.3 Å². The van der Waals surface area contributed by atoms with E-state index in [1.165, 1.54) is 25.7 Å². The van der Waals surface area contributed by atoms with E-state index in [1.54, 1.807) is 0 Å². The van der Waals surface area contributed by atoms with Gasteiger partial charge in [-0.15, -0.1) is 0 Å². The molecule has 4 nitrogen and oxygen atoms in total. The summed E-state index contributed by atoms with van der Waals surface area (Å²) < 4.78 is 5.10. The number of carbonyl (C=O) groups is 1. The van der Waals surface area contributed by atoms with Crippen molar-refractivity contribution in [2.24, 2.45) is 11.1 Å². The number of nitrogens with two attached hydrogens (primary N) is 1. The smallest absolute Gasteiger partial charge is 0.243 e. The molecule has 1 saturated carbocycles. The van der Waals surface area contributed by atoms with Crippen LogP contribution in [0.5, 0.6) is 0 Å². The minimum atomic E-state index is -0.404. The van der Waals surface area contributed by atoms with Crippen molar-refractivity contribution in [1.29, 1.82) is 0 Å². The summed E-state index contributed by atoms with van der Waals surface area (Å²) in [6.07, 6.45) is 5.10. The molecule has 1 aliphatic rings. The van der Waals surface area contributed by atoms with Gasteiger partial charge in [0, 0.05) is 12.6 Å². The van der Waals surface area contributed by atoms with Crippen LogP contribution in [0.2, 0.25) is 0 Å². The van der Waals surface area contributed by atoms with Crippen LogP contribution in [0.4, 0.5) is 0 Å². The second kappa shape index (κ2) is 6.21. The van der Waals surface area contributed by atoms with Gasteiger partial charge in [0.15, 0.2) is 0 Å². The van der Waals surface area contributed by atoms with Gasteiger partial charge in [-0.2, -0.15) is 0 Å². The first-order valence-corrected chi connectivity index (χ1v) is 6.09. The first-order valence-electron chi connectivity index (χ1n) is 6.09. The maximum atomic E-state index is 10.4. The SMILES string of the molecule is CC1(C)CCCC(NCCOCC(N)=O)C1. The van der Waals surface area contributed by atoms with Crippen molar-refractivity contribution in [2.75, 3.05) is 19.8 Å². The number of amides is 1. The van der Waals surface area contributed by atoms with Gasteiger partial charge in [0.25, 0.3) is 0 Å². The summed E-state index contributed by atoms with van der Waals surface area (Å²) in [6, 6.07) is 0.598. The summed E-state index contributed by atoms with van der Waals surface area (Å²) in [7, 11) is 0. The molecule has 1 unspecified atom stereocenters. The molecule has 0 aromatic rings. The highest BCUT2D eigenvalue weighted by Crippen LogP contribution is 2.34. The van der Waals surface area contributed by atoms with E-state index in [-0.39, 0.29) is 6.61 Å². The molecule has 0 radical (unpaired) electrons. The lowest BCUT2D eigenvalue weighted by Crippen LogP contribution is -2.39. The van der Waals surface area contributed by atoms with Crippen LogP contribution in [0.3, 0.4) is 0 Å². The Kier molecular flexibility index (Phi) is 5.22. The van der Waals surface area contributed by atoms with Gasteiger partial charge in [0.2, 0.25) is 5.91 Å². The van der Waals surface area contributed by atoms with Crippen LogP contribution in [0.15, 0.2) is 0 Å². The van der Waals surface area contributed by atoms with Crippen LogP contribution >= 0.6 is 0 Å². The van der Waals surface area contributed by atoms with Gasteiger partial charge in [-0.3, -0.25) is 4.79 Å². The summed E-state index contributed by atoms with van der Waals surface area (Å²) in [5.74, 6) is -0.404. The lowest BCUT2D eigenvalue weighted by atomic mass is 9.75. The molecular weight excluding hydrogens is 204 g/mol. The van der Waals surface area contributed by atoms with E-state index in [4.69, 9.17) is 10.5 Å². The van der Waals surface area contributed by atoms with Gasteiger partial charge < -0.3 is 15.8 Å². The van der Waals surface area contributed by atoms with E-state index < -0.39 is 5.91 Å². The van der Waals surface area contributed by atoms with Crippen LogP contribution in [-0.2, 0) is 9.53 Å². The Hall–Kier alpha value is -0.610. The highest BCUT2D eigenvalue weighted by Gasteiger charge is 2.27. The van der Waals surface area contributed by atoms with Gasteiger partial charge >= 0.3 is 0 Å². The lowest BCUT2D eigenvalue weighted by molar-refractivity contribution is -0.122. The number of ether oxygens (including phenoxy) is 1. The molecule has 16 heavy (non-hydrogen) atoms. The van der Waals surface area contributed by atoms with Crippen LogP contribution in [0.25, 0.3) is 0 Å². The Morgan fingerprint density at radius 3 is 2.94 bits per heavy atom. The van der Waals surface area contributed by atoms with Crippen molar-refractivity contribution in [3.63, 3.8) is 0 Å². The second-order valence-corrected chi connectivity index (χ2v) is 5.43. The zero-order valence-electron chi connectivity index (χ0n) is 10.4. The normalized spacial score (nSPS) is 24.2. The van der Waals surface area contributed by atoms with Crippen LogP contribution < -0.4 is 11.1 Å². The minimum Gasteiger partial charge on any atom is -0.370 e. The average Bonchev–Trinajstić information content (AvgIpc) is 2.15. The Morgan fingerprint density at radius 2 is 2.31 bits per heavy atom. The number of primary amides is 1. The number of nitrogens with one attached hydrogen (secondary N) is 1.